The lowest BCUT2D eigenvalue weighted by atomic mass is 10.0. The average molecular weight is 315 g/mol. The molecule has 1 atom stereocenters. The molecule has 118 valence electrons. The molecule has 1 aromatic heterocycles. The quantitative estimate of drug-likeness (QED) is 0.907. The molecule has 2 aromatic rings. The number of carbonyl (C=O) groups is 2. The fourth-order valence-electron chi connectivity index (χ4n) is 2.62. The van der Waals surface area contributed by atoms with Gasteiger partial charge in [-0.25, -0.2) is 9.18 Å². The van der Waals surface area contributed by atoms with E-state index in [0.717, 1.165) is 5.56 Å². The second kappa shape index (κ2) is 6.04. The number of aromatic nitrogens is 1. The molecule has 2 N–H and O–H groups in total. The third-order valence-corrected chi connectivity index (χ3v) is 3.67. The second-order valence-electron chi connectivity index (χ2n) is 5.23. The maximum absolute atomic E-state index is 13.0. The van der Waals surface area contributed by atoms with Crippen molar-refractivity contribution in [2.45, 2.75) is 19.0 Å². The number of rotatable bonds is 3. The number of anilines is 1. The van der Waals surface area contributed by atoms with Crippen molar-refractivity contribution >= 4 is 17.7 Å². The minimum atomic E-state index is -1.26. The molecule has 0 fully saturated rings. The van der Waals surface area contributed by atoms with E-state index in [2.05, 4.69) is 10.3 Å². The largest absolute Gasteiger partial charge is 0.465 e. The van der Waals surface area contributed by atoms with Crippen LogP contribution in [0.3, 0.4) is 0 Å². The Morgan fingerprint density at radius 3 is 2.78 bits per heavy atom. The molecule has 1 aliphatic heterocycles. The summed E-state index contributed by atoms with van der Waals surface area (Å²) >= 11 is 0. The lowest BCUT2D eigenvalue weighted by Crippen LogP contribution is -2.52. The number of hydrogen-bond donors (Lipinski definition) is 2. The molecule has 0 saturated carbocycles. The van der Waals surface area contributed by atoms with E-state index in [4.69, 9.17) is 5.11 Å². The van der Waals surface area contributed by atoms with Gasteiger partial charge in [-0.05, 0) is 29.8 Å². The topological polar surface area (TPSA) is 82.5 Å². The van der Waals surface area contributed by atoms with Gasteiger partial charge in [-0.3, -0.25) is 9.78 Å². The number of carboxylic acid groups (broad SMARTS) is 1. The van der Waals surface area contributed by atoms with E-state index in [0.29, 0.717) is 11.4 Å². The number of amides is 2. The first-order chi connectivity index (χ1) is 11.0. The van der Waals surface area contributed by atoms with E-state index in [1.165, 1.54) is 17.0 Å². The van der Waals surface area contributed by atoms with Crippen LogP contribution >= 0.6 is 0 Å². The van der Waals surface area contributed by atoms with Gasteiger partial charge in [0.2, 0.25) is 5.91 Å². The first-order valence-electron chi connectivity index (χ1n) is 7.04. The highest BCUT2D eigenvalue weighted by molar-refractivity contribution is 6.01. The zero-order valence-corrected chi connectivity index (χ0v) is 12.1. The van der Waals surface area contributed by atoms with Crippen molar-refractivity contribution in [3.63, 3.8) is 0 Å². The molecule has 1 aromatic carbocycles. The molecular formula is C16H14FN3O3. The van der Waals surface area contributed by atoms with Gasteiger partial charge >= 0.3 is 6.09 Å². The van der Waals surface area contributed by atoms with Crippen LogP contribution in [0.2, 0.25) is 0 Å². The van der Waals surface area contributed by atoms with Crippen LogP contribution in [0.1, 0.15) is 11.3 Å². The van der Waals surface area contributed by atoms with Crippen LogP contribution in [0, 0.1) is 5.82 Å². The van der Waals surface area contributed by atoms with Gasteiger partial charge in [-0.2, -0.15) is 0 Å². The summed E-state index contributed by atoms with van der Waals surface area (Å²) in [6.07, 6.45) is 0.550. The van der Waals surface area contributed by atoms with Crippen molar-refractivity contribution in [1.29, 1.82) is 0 Å². The standard InChI is InChI=1S/C16H14FN3O3/c17-11-5-3-10(4-6-11)9-20-14-2-1-7-18-12(14)8-13(15(20)21)19-16(22)23/h1-7,13,19H,8-9H2,(H,22,23). The van der Waals surface area contributed by atoms with E-state index >= 15 is 0 Å². The first-order valence-corrected chi connectivity index (χ1v) is 7.04. The summed E-state index contributed by atoms with van der Waals surface area (Å²) in [5.74, 6) is -0.705. The monoisotopic (exact) mass is 315 g/mol. The average Bonchev–Trinajstić information content (AvgIpc) is 2.53. The fraction of sp³-hybridized carbons (Fsp3) is 0.188. The smallest absolute Gasteiger partial charge is 0.405 e. The molecule has 6 nitrogen and oxygen atoms in total. The SMILES string of the molecule is O=C(O)NC1Cc2ncccc2N(Cc2ccc(F)cc2)C1=O. The molecule has 0 aliphatic carbocycles. The number of hydrogen-bond acceptors (Lipinski definition) is 3. The molecule has 7 heteroatoms. The number of nitrogens with zero attached hydrogens (tertiary/aromatic N) is 2. The zero-order chi connectivity index (χ0) is 16.4. The van der Waals surface area contributed by atoms with Crippen molar-refractivity contribution in [2.75, 3.05) is 4.90 Å². The fourth-order valence-corrected chi connectivity index (χ4v) is 2.62. The molecule has 1 unspecified atom stereocenters. The maximum Gasteiger partial charge on any atom is 0.405 e. The van der Waals surface area contributed by atoms with Gasteiger partial charge < -0.3 is 15.3 Å². The van der Waals surface area contributed by atoms with Crippen LogP contribution in [0.25, 0.3) is 0 Å². The van der Waals surface area contributed by atoms with Gasteiger partial charge in [0, 0.05) is 12.6 Å². The van der Waals surface area contributed by atoms with Crippen LogP contribution in [-0.4, -0.2) is 28.1 Å². The van der Waals surface area contributed by atoms with Crippen molar-refractivity contribution < 1.29 is 19.1 Å². The van der Waals surface area contributed by atoms with E-state index in [-0.39, 0.29) is 24.7 Å². The summed E-state index contributed by atoms with van der Waals surface area (Å²) in [5, 5.41) is 11.1. The lowest BCUT2D eigenvalue weighted by molar-refractivity contribution is -0.121. The van der Waals surface area contributed by atoms with Gasteiger partial charge in [0.1, 0.15) is 11.9 Å². The zero-order valence-electron chi connectivity index (χ0n) is 12.1. The molecular weight excluding hydrogens is 301 g/mol. The predicted octanol–water partition coefficient (Wildman–Crippen LogP) is 1.95. The third kappa shape index (κ3) is 3.13. The summed E-state index contributed by atoms with van der Waals surface area (Å²) < 4.78 is 13.0. The van der Waals surface area contributed by atoms with Crippen LogP contribution in [-0.2, 0) is 17.8 Å². The number of nitrogens with one attached hydrogen (secondary N) is 1. The van der Waals surface area contributed by atoms with Crippen molar-refractivity contribution in [3.8, 4) is 0 Å². The molecule has 2 heterocycles. The second-order valence-corrected chi connectivity index (χ2v) is 5.23. The van der Waals surface area contributed by atoms with Crippen LogP contribution in [0.5, 0.6) is 0 Å². The van der Waals surface area contributed by atoms with Gasteiger partial charge in [0.25, 0.3) is 0 Å². The molecule has 0 bridgehead atoms. The van der Waals surface area contributed by atoms with Gasteiger partial charge in [0.05, 0.1) is 17.9 Å². The van der Waals surface area contributed by atoms with Crippen molar-refractivity contribution in [3.05, 3.63) is 59.7 Å². The first kappa shape index (κ1) is 15.0. The van der Waals surface area contributed by atoms with E-state index in [9.17, 15) is 14.0 Å². The normalized spacial score (nSPS) is 16.8. The molecule has 0 spiro atoms. The number of pyridine rings is 1. The molecule has 0 radical (unpaired) electrons. The highest BCUT2D eigenvalue weighted by atomic mass is 19.1. The van der Waals surface area contributed by atoms with E-state index < -0.39 is 12.1 Å². The van der Waals surface area contributed by atoms with Crippen molar-refractivity contribution in [1.82, 2.24) is 10.3 Å². The number of carbonyl (C=O) groups excluding carboxylic acids is 1. The Hall–Kier alpha value is -2.96. The van der Waals surface area contributed by atoms with E-state index in [1.54, 1.807) is 30.5 Å². The summed E-state index contributed by atoms with van der Waals surface area (Å²) in [7, 11) is 0. The molecule has 0 saturated heterocycles. The summed E-state index contributed by atoms with van der Waals surface area (Å²) in [4.78, 5) is 29.2. The Kier molecular flexibility index (Phi) is 3.92. The summed E-state index contributed by atoms with van der Waals surface area (Å²) in [5.41, 5.74) is 2.03. The third-order valence-electron chi connectivity index (χ3n) is 3.67. The van der Waals surface area contributed by atoms with Crippen LogP contribution in [0.15, 0.2) is 42.6 Å². The summed E-state index contributed by atoms with van der Waals surface area (Å²) in [6, 6.07) is 8.42. The van der Waals surface area contributed by atoms with Gasteiger partial charge in [0.15, 0.2) is 0 Å². The van der Waals surface area contributed by atoms with Crippen molar-refractivity contribution in [2.24, 2.45) is 0 Å². The minimum absolute atomic E-state index is 0.210. The predicted molar refractivity (Wildman–Crippen MR) is 80.5 cm³/mol. The Morgan fingerprint density at radius 1 is 1.35 bits per heavy atom. The van der Waals surface area contributed by atoms with Crippen LogP contribution < -0.4 is 10.2 Å². The Morgan fingerprint density at radius 2 is 2.09 bits per heavy atom. The van der Waals surface area contributed by atoms with Gasteiger partial charge in [-0.1, -0.05) is 12.1 Å². The number of fused-ring (bicyclic) bond motifs is 1. The van der Waals surface area contributed by atoms with Crippen LogP contribution in [0.4, 0.5) is 14.9 Å². The molecule has 3 rings (SSSR count). The van der Waals surface area contributed by atoms with Gasteiger partial charge in [-0.15, -0.1) is 0 Å². The maximum atomic E-state index is 13.0. The summed E-state index contributed by atoms with van der Waals surface area (Å²) in [6.45, 7) is 0.218. The highest BCUT2D eigenvalue weighted by Gasteiger charge is 2.34. The Labute approximate surface area is 131 Å². The lowest BCUT2D eigenvalue weighted by Gasteiger charge is -2.33. The Balaban J connectivity index is 1.93. The minimum Gasteiger partial charge on any atom is -0.465 e. The number of benzene rings is 1. The Bertz CT molecular complexity index is 748. The molecule has 2 amide bonds. The number of halogens is 1. The molecule has 1 aliphatic rings. The van der Waals surface area contributed by atoms with E-state index in [1.807, 2.05) is 0 Å². The highest BCUT2D eigenvalue weighted by Crippen LogP contribution is 2.27. The molecule has 23 heavy (non-hydrogen) atoms.